The second kappa shape index (κ2) is 10.9. The molecule has 1 unspecified atom stereocenters. The lowest BCUT2D eigenvalue weighted by Gasteiger charge is -2.25. The zero-order valence-electron chi connectivity index (χ0n) is 18.6. The normalized spacial score (nSPS) is 17.7. The number of halogens is 1. The van der Waals surface area contributed by atoms with Crippen LogP contribution < -0.4 is 4.74 Å². The average molecular weight is 440 g/mol. The summed E-state index contributed by atoms with van der Waals surface area (Å²) in [5, 5.41) is 11.0. The van der Waals surface area contributed by atoms with Gasteiger partial charge in [0.05, 0.1) is 18.2 Å². The highest BCUT2D eigenvalue weighted by Crippen LogP contribution is 2.40. The molecule has 6 heteroatoms. The molecule has 170 valence electrons. The number of aliphatic hydroxyl groups excluding tert-OH is 1. The Bertz CT molecular complexity index is 984. The molecule has 2 aromatic carbocycles. The molecule has 0 bridgehead atoms. The Hall–Kier alpha value is -3.15. The molecule has 5 nitrogen and oxygen atoms in total. The summed E-state index contributed by atoms with van der Waals surface area (Å²) in [6.45, 7) is 5.01. The fourth-order valence-corrected chi connectivity index (χ4v) is 3.87. The Morgan fingerprint density at radius 3 is 2.34 bits per heavy atom. The van der Waals surface area contributed by atoms with Crippen LogP contribution in [0.25, 0.3) is 5.76 Å². The molecule has 0 aliphatic carbocycles. The Morgan fingerprint density at radius 1 is 1.00 bits per heavy atom. The number of nitrogens with zero attached hydrogens (tertiary/aromatic N) is 1. The van der Waals surface area contributed by atoms with Gasteiger partial charge in [-0.25, -0.2) is 4.39 Å². The topological polar surface area (TPSA) is 66.8 Å². The summed E-state index contributed by atoms with van der Waals surface area (Å²) < 4.78 is 20.4. The molecule has 1 atom stereocenters. The van der Waals surface area contributed by atoms with Gasteiger partial charge in [0.2, 0.25) is 0 Å². The van der Waals surface area contributed by atoms with Crippen molar-refractivity contribution in [2.24, 2.45) is 0 Å². The standard InChI is InChI=1S/C26H30FNO4/c1-3-5-9-17-32-19-14-12-18(13-15-19)24(29)22-23(20-10-7-8-11-21(20)27)28(16-6-4-2)26(31)25(22)30/h7-8,10-15,23,29H,3-6,9,16-17H2,1-2H3/b24-22-. The van der Waals surface area contributed by atoms with E-state index < -0.39 is 23.5 Å². The number of hydrogen-bond donors (Lipinski definition) is 1. The van der Waals surface area contributed by atoms with E-state index in [1.165, 1.54) is 11.0 Å². The highest BCUT2D eigenvalue weighted by molar-refractivity contribution is 6.46. The quantitative estimate of drug-likeness (QED) is 0.226. The monoisotopic (exact) mass is 439 g/mol. The van der Waals surface area contributed by atoms with Crippen molar-refractivity contribution in [3.05, 3.63) is 71.0 Å². The molecule has 2 aromatic rings. The number of unbranched alkanes of at least 4 members (excludes halogenated alkanes) is 3. The number of ether oxygens (including phenoxy) is 1. The van der Waals surface area contributed by atoms with E-state index in [9.17, 15) is 19.1 Å². The van der Waals surface area contributed by atoms with Gasteiger partial charge in [0.1, 0.15) is 17.3 Å². The number of hydrogen-bond acceptors (Lipinski definition) is 4. The summed E-state index contributed by atoms with van der Waals surface area (Å²) in [5.41, 5.74) is 0.480. The van der Waals surface area contributed by atoms with Crippen LogP contribution in [0.15, 0.2) is 54.1 Å². The van der Waals surface area contributed by atoms with E-state index in [2.05, 4.69) is 6.92 Å². The molecule has 1 aliphatic rings. The van der Waals surface area contributed by atoms with Gasteiger partial charge in [0.15, 0.2) is 0 Å². The Kier molecular flexibility index (Phi) is 8.03. The number of carbonyl (C=O) groups is 2. The van der Waals surface area contributed by atoms with Crippen molar-refractivity contribution >= 4 is 17.4 Å². The van der Waals surface area contributed by atoms with E-state index in [0.717, 1.165) is 25.7 Å². The van der Waals surface area contributed by atoms with E-state index in [0.29, 0.717) is 30.9 Å². The minimum absolute atomic E-state index is 0.0900. The number of benzene rings is 2. The first-order chi connectivity index (χ1) is 15.5. The highest BCUT2D eigenvalue weighted by Gasteiger charge is 2.46. The third kappa shape index (κ3) is 5.01. The van der Waals surface area contributed by atoms with Gasteiger partial charge in [-0.2, -0.15) is 0 Å². The van der Waals surface area contributed by atoms with Crippen LogP contribution in [0, 0.1) is 5.82 Å². The first kappa shape index (κ1) is 23.5. The predicted molar refractivity (Wildman–Crippen MR) is 122 cm³/mol. The molecule has 0 spiro atoms. The van der Waals surface area contributed by atoms with Crippen LogP contribution in [0.2, 0.25) is 0 Å². The van der Waals surface area contributed by atoms with Crippen molar-refractivity contribution in [1.82, 2.24) is 4.90 Å². The Morgan fingerprint density at radius 2 is 1.69 bits per heavy atom. The van der Waals surface area contributed by atoms with Crippen LogP contribution in [-0.4, -0.2) is 34.8 Å². The lowest BCUT2D eigenvalue weighted by atomic mass is 9.95. The number of amides is 1. The maximum absolute atomic E-state index is 14.7. The van der Waals surface area contributed by atoms with E-state index in [4.69, 9.17) is 4.74 Å². The SMILES string of the molecule is CCCCCOc1ccc(/C(O)=C2/C(=O)C(=O)N(CCCC)C2c2ccccc2F)cc1. The first-order valence-electron chi connectivity index (χ1n) is 11.3. The van der Waals surface area contributed by atoms with Crippen LogP contribution in [0.1, 0.15) is 63.1 Å². The van der Waals surface area contributed by atoms with E-state index >= 15 is 0 Å². The van der Waals surface area contributed by atoms with Gasteiger partial charge < -0.3 is 14.7 Å². The second-order valence-electron chi connectivity index (χ2n) is 7.95. The number of rotatable bonds is 10. The molecule has 1 aliphatic heterocycles. The number of Topliss-reactive ketones (excluding diaryl/α,β-unsaturated/α-hetero) is 1. The van der Waals surface area contributed by atoms with E-state index in [1.54, 1.807) is 42.5 Å². The maximum atomic E-state index is 14.7. The number of aliphatic hydroxyl groups is 1. The molecule has 1 amide bonds. The molecule has 1 heterocycles. The first-order valence-corrected chi connectivity index (χ1v) is 11.3. The van der Waals surface area contributed by atoms with Gasteiger partial charge >= 0.3 is 0 Å². The van der Waals surface area contributed by atoms with Crippen molar-refractivity contribution in [2.75, 3.05) is 13.2 Å². The molecule has 0 saturated carbocycles. The van der Waals surface area contributed by atoms with Gasteiger partial charge in [-0.15, -0.1) is 0 Å². The Labute approximate surface area is 188 Å². The molecule has 3 rings (SSSR count). The molecule has 0 radical (unpaired) electrons. The lowest BCUT2D eigenvalue weighted by molar-refractivity contribution is -0.139. The predicted octanol–water partition coefficient (Wildman–Crippen LogP) is 5.62. The number of likely N-dealkylation sites (tertiary alicyclic amines) is 1. The maximum Gasteiger partial charge on any atom is 0.295 e. The molecule has 1 N–H and O–H groups in total. The van der Waals surface area contributed by atoms with Crippen molar-refractivity contribution in [3.8, 4) is 5.75 Å². The second-order valence-corrected chi connectivity index (χ2v) is 7.95. The summed E-state index contributed by atoms with van der Waals surface area (Å²) in [7, 11) is 0. The summed E-state index contributed by atoms with van der Waals surface area (Å²) >= 11 is 0. The summed E-state index contributed by atoms with van der Waals surface area (Å²) in [6.07, 6.45) is 4.64. The largest absolute Gasteiger partial charge is 0.507 e. The van der Waals surface area contributed by atoms with Crippen molar-refractivity contribution in [1.29, 1.82) is 0 Å². The van der Waals surface area contributed by atoms with Gasteiger partial charge in [-0.1, -0.05) is 51.3 Å². The van der Waals surface area contributed by atoms with Gasteiger partial charge in [-0.3, -0.25) is 9.59 Å². The fourth-order valence-electron chi connectivity index (χ4n) is 3.87. The zero-order valence-corrected chi connectivity index (χ0v) is 18.6. The van der Waals surface area contributed by atoms with E-state index in [-0.39, 0.29) is 16.9 Å². The van der Waals surface area contributed by atoms with Crippen LogP contribution in [0.5, 0.6) is 5.75 Å². The average Bonchev–Trinajstić information content (AvgIpc) is 3.05. The molecule has 1 fully saturated rings. The minimum Gasteiger partial charge on any atom is -0.507 e. The van der Waals surface area contributed by atoms with E-state index in [1.807, 2.05) is 6.92 Å². The Balaban J connectivity index is 1.97. The molecule has 1 saturated heterocycles. The summed E-state index contributed by atoms with van der Waals surface area (Å²) in [6, 6.07) is 11.8. The van der Waals surface area contributed by atoms with Crippen LogP contribution in [0.3, 0.4) is 0 Å². The highest BCUT2D eigenvalue weighted by atomic mass is 19.1. The van der Waals surface area contributed by atoms with Crippen molar-refractivity contribution in [3.63, 3.8) is 0 Å². The summed E-state index contributed by atoms with van der Waals surface area (Å²) in [5.74, 6) is -1.70. The molecular formula is C26H30FNO4. The van der Waals surface area contributed by atoms with Gasteiger partial charge in [0, 0.05) is 17.7 Å². The molecule has 32 heavy (non-hydrogen) atoms. The summed E-state index contributed by atoms with van der Waals surface area (Å²) in [4.78, 5) is 27.0. The van der Waals surface area contributed by atoms with Gasteiger partial charge in [-0.05, 0) is 43.2 Å². The van der Waals surface area contributed by atoms with Crippen molar-refractivity contribution in [2.45, 2.75) is 52.0 Å². The number of carbonyl (C=O) groups excluding carboxylic acids is 2. The third-order valence-electron chi connectivity index (χ3n) is 5.64. The van der Waals surface area contributed by atoms with Crippen LogP contribution >= 0.6 is 0 Å². The van der Waals surface area contributed by atoms with Crippen molar-refractivity contribution < 1.29 is 23.8 Å². The fraction of sp³-hybridized carbons (Fsp3) is 0.385. The lowest BCUT2D eigenvalue weighted by Crippen LogP contribution is -2.31. The van der Waals surface area contributed by atoms with Gasteiger partial charge in [0.25, 0.3) is 11.7 Å². The zero-order chi connectivity index (χ0) is 23.1. The smallest absolute Gasteiger partial charge is 0.295 e. The van der Waals surface area contributed by atoms with Crippen LogP contribution in [0.4, 0.5) is 4.39 Å². The van der Waals surface area contributed by atoms with Crippen LogP contribution in [-0.2, 0) is 9.59 Å². The minimum atomic E-state index is -0.965. The molecular weight excluding hydrogens is 409 g/mol. The number of ketones is 1. The third-order valence-corrected chi connectivity index (χ3v) is 5.64. The molecule has 0 aromatic heterocycles.